The average Bonchev–Trinajstić information content (AvgIpc) is 3.26. The molecule has 1 aliphatic rings. The van der Waals surface area contributed by atoms with E-state index in [-0.39, 0.29) is 30.3 Å². The number of esters is 1. The van der Waals surface area contributed by atoms with E-state index in [1.165, 1.54) is 17.8 Å². The Bertz CT molecular complexity index is 1160. The number of nitrogens with one attached hydrogen (secondary N) is 2. The summed E-state index contributed by atoms with van der Waals surface area (Å²) in [4.78, 5) is 34.4. The second kappa shape index (κ2) is 8.67. The molecule has 170 valence electrons. The Morgan fingerprint density at radius 2 is 2.16 bits per heavy atom. The molecule has 2 aromatic heterocycles. The monoisotopic (exact) mass is 444 g/mol. The van der Waals surface area contributed by atoms with E-state index in [9.17, 15) is 19.8 Å². The number of H-pyrrole nitrogens is 1. The van der Waals surface area contributed by atoms with Gasteiger partial charge in [-0.05, 0) is 12.5 Å². The van der Waals surface area contributed by atoms with Crippen molar-refractivity contribution in [3.8, 4) is 0 Å². The molecule has 1 aliphatic heterocycles. The molecule has 0 saturated carbocycles. The molecule has 0 bridgehead atoms. The first kappa shape index (κ1) is 21.9. The van der Waals surface area contributed by atoms with Crippen LogP contribution in [0.4, 0.5) is 5.95 Å². The number of hydrogen-bond acceptors (Lipinski definition) is 10. The molecule has 0 spiro atoms. The van der Waals surface area contributed by atoms with Gasteiger partial charge in [0.1, 0.15) is 24.4 Å². The number of carbonyl (C=O) groups excluding carboxylic acids is 1. The summed E-state index contributed by atoms with van der Waals surface area (Å²) in [5.41, 5.74) is 4.40. The number of carbonyl (C=O) groups is 1. The topological polar surface area (TPSA) is 178 Å². The van der Waals surface area contributed by atoms with Crippen molar-refractivity contribution >= 4 is 23.1 Å². The molecular weight excluding hydrogens is 420 g/mol. The lowest BCUT2D eigenvalue weighted by atomic mass is 9.96. The third-order valence-electron chi connectivity index (χ3n) is 5.31. The Labute approximate surface area is 182 Å². The Morgan fingerprint density at radius 1 is 1.41 bits per heavy atom. The van der Waals surface area contributed by atoms with Gasteiger partial charge in [0, 0.05) is 6.54 Å². The minimum Gasteiger partial charge on any atom is -0.462 e. The first-order valence-corrected chi connectivity index (χ1v) is 9.96. The molecular formula is C20H24N6O6. The average molecular weight is 444 g/mol. The maximum atomic E-state index is 12.1. The van der Waals surface area contributed by atoms with Crippen LogP contribution in [0.15, 0.2) is 41.5 Å². The smallest absolute Gasteiger partial charge is 0.320 e. The number of ether oxygens (including phenoxy) is 2. The first-order chi connectivity index (χ1) is 15.3. The normalized spacial score (nSPS) is 25.3. The molecule has 1 aromatic carbocycles. The standard InChI is InChI=1S/C20H24N6O6/c1-20(30)15(28)12(9-31-13(27)8-22-7-11-5-3-2-4-6-11)32-18(20)26-10-23-14-16(26)24-19(21)25-17(14)29/h2-6,10,12,15,18,22,28,30H,7-9H2,1H3,(H3,21,24,25,29)/t12?,15-,18?,20-/m1/s1. The zero-order valence-corrected chi connectivity index (χ0v) is 17.3. The van der Waals surface area contributed by atoms with Crippen LogP contribution >= 0.6 is 0 Å². The molecule has 6 N–H and O–H groups in total. The van der Waals surface area contributed by atoms with Gasteiger partial charge in [-0.2, -0.15) is 4.98 Å². The van der Waals surface area contributed by atoms with Gasteiger partial charge in [-0.1, -0.05) is 30.3 Å². The molecule has 3 heterocycles. The number of aromatic amines is 1. The van der Waals surface area contributed by atoms with Crippen LogP contribution in [0.1, 0.15) is 18.7 Å². The van der Waals surface area contributed by atoms with Crippen molar-refractivity contribution in [1.82, 2.24) is 24.8 Å². The highest BCUT2D eigenvalue weighted by Crippen LogP contribution is 2.39. The van der Waals surface area contributed by atoms with E-state index in [1.54, 1.807) is 0 Å². The van der Waals surface area contributed by atoms with Crippen LogP contribution < -0.4 is 16.6 Å². The van der Waals surface area contributed by atoms with Crippen molar-refractivity contribution in [2.75, 3.05) is 18.9 Å². The summed E-state index contributed by atoms with van der Waals surface area (Å²) in [5, 5.41) is 24.4. The number of aliphatic hydroxyl groups is 2. The Balaban J connectivity index is 1.39. The second-order valence-corrected chi connectivity index (χ2v) is 7.74. The summed E-state index contributed by atoms with van der Waals surface area (Å²) in [6.45, 7) is 1.56. The zero-order chi connectivity index (χ0) is 22.9. The maximum absolute atomic E-state index is 12.1. The minimum atomic E-state index is -1.78. The number of nitrogens with zero attached hydrogens (tertiary/aromatic N) is 3. The van der Waals surface area contributed by atoms with Gasteiger partial charge in [0.05, 0.1) is 12.9 Å². The van der Waals surface area contributed by atoms with Crippen LogP contribution in [-0.4, -0.2) is 66.7 Å². The first-order valence-electron chi connectivity index (χ1n) is 9.96. The molecule has 1 fully saturated rings. The van der Waals surface area contributed by atoms with Crippen LogP contribution in [0.5, 0.6) is 0 Å². The van der Waals surface area contributed by atoms with Crippen LogP contribution in [-0.2, 0) is 20.8 Å². The van der Waals surface area contributed by atoms with Crippen molar-refractivity contribution in [1.29, 1.82) is 0 Å². The molecule has 2 unspecified atom stereocenters. The van der Waals surface area contributed by atoms with Gasteiger partial charge in [0.2, 0.25) is 5.95 Å². The number of anilines is 1. The maximum Gasteiger partial charge on any atom is 0.320 e. The number of hydrogen-bond donors (Lipinski definition) is 5. The van der Waals surface area contributed by atoms with Crippen LogP contribution in [0, 0.1) is 0 Å². The third kappa shape index (κ3) is 4.21. The summed E-state index contributed by atoms with van der Waals surface area (Å²) >= 11 is 0. The van der Waals surface area contributed by atoms with Gasteiger partial charge in [-0.3, -0.25) is 19.1 Å². The molecule has 0 amide bonds. The third-order valence-corrected chi connectivity index (χ3v) is 5.31. The number of aliphatic hydroxyl groups excluding tert-OH is 1. The lowest BCUT2D eigenvalue weighted by molar-refractivity contribution is -0.149. The summed E-state index contributed by atoms with van der Waals surface area (Å²) in [7, 11) is 0. The highest BCUT2D eigenvalue weighted by atomic mass is 16.6. The molecule has 0 radical (unpaired) electrons. The number of aromatic nitrogens is 4. The van der Waals surface area contributed by atoms with E-state index in [4.69, 9.17) is 15.2 Å². The van der Waals surface area contributed by atoms with Gasteiger partial charge in [0.15, 0.2) is 17.4 Å². The van der Waals surface area contributed by atoms with E-state index in [0.29, 0.717) is 6.54 Å². The predicted molar refractivity (Wildman–Crippen MR) is 112 cm³/mol. The number of rotatable bonds is 7. The van der Waals surface area contributed by atoms with E-state index in [0.717, 1.165) is 5.56 Å². The summed E-state index contributed by atoms with van der Waals surface area (Å²) in [6.07, 6.45) is -2.27. The lowest BCUT2D eigenvalue weighted by Gasteiger charge is -2.27. The fourth-order valence-corrected chi connectivity index (χ4v) is 3.62. The van der Waals surface area contributed by atoms with E-state index >= 15 is 0 Å². The molecule has 4 rings (SSSR count). The van der Waals surface area contributed by atoms with Crippen LogP contribution in [0.3, 0.4) is 0 Å². The molecule has 3 aromatic rings. The van der Waals surface area contributed by atoms with E-state index < -0.39 is 35.6 Å². The Hall–Kier alpha value is -3.32. The summed E-state index contributed by atoms with van der Waals surface area (Å²) in [6, 6.07) is 9.57. The summed E-state index contributed by atoms with van der Waals surface area (Å²) in [5.74, 6) is -0.662. The SMILES string of the molecule is C[C@]1(O)C(n2cnc3c(=O)[nH]c(N)nc32)OC(COC(=O)CNCc2ccccc2)[C@H]1O. The predicted octanol–water partition coefficient (Wildman–Crippen LogP) is -0.956. The highest BCUT2D eigenvalue weighted by molar-refractivity contribution is 5.72. The molecule has 12 nitrogen and oxygen atoms in total. The van der Waals surface area contributed by atoms with Gasteiger partial charge in [-0.15, -0.1) is 0 Å². The molecule has 0 aliphatic carbocycles. The zero-order valence-electron chi connectivity index (χ0n) is 17.3. The van der Waals surface area contributed by atoms with Crippen LogP contribution in [0.25, 0.3) is 11.2 Å². The second-order valence-electron chi connectivity index (χ2n) is 7.74. The number of imidazole rings is 1. The Kier molecular flexibility index (Phi) is 5.93. The number of nitrogen functional groups attached to an aromatic ring is 1. The van der Waals surface area contributed by atoms with Gasteiger partial charge in [-0.25, -0.2) is 4.98 Å². The molecule has 1 saturated heterocycles. The van der Waals surface area contributed by atoms with Crippen molar-refractivity contribution in [2.24, 2.45) is 0 Å². The fourth-order valence-electron chi connectivity index (χ4n) is 3.62. The Morgan fingerprint density at radius 3 is 2.91 bits per heavy atom. The summed E-state index contributed by atoms with van der Waals surface area (Å²) < 4.78 is 12.3. The van der Waals surface area contributed by atoms with Crippen molar-refractivity contribution in [3.63, 3.8) is 0 Å². The van der Waals surface area contributed by atoms with E-state index in [1.807, 2.05) is 30.3 Å². The number of fused-ring (bicyclic) bond motifs is 1. The minimum absolute atomic E-state index is 0.00691. The number of benzene rings is 1. The molecule has 4 atom stereocenters. The van der Waals surface area contributed by atoms with Gasteiger partial charge < -0.3 is 30.7 Å². The number of nitrogens with two attached hydrogens (primary N) is 1. The van der Waals surface area contributed by atoms with Crippen LogP contribution in [0.2, 0.25) is 0 Å². The quantitative estimate of drug-likeness (QED) is 0.285. The molecule has 12 heteroatoms. The molecule has 32 heavy (non-hydrogen) atoms. The fraction of sp³-hybridized carbons (Fsp3) is 0.400. The van der Waals surface area contributed by atoms with Crippen molar-refractivity contribution in [2.45, 2.75) is 37.5 Å². The van der Waals surface area contributed by atoms with Crippen molar-refractivity contribution in [3.05, 3.63) is 52.6 Å². The van der Waals surface area contributed by atoms with E-state index in [2.05, 4.69) is 20.3 Å². The van der Waals surface area contributed by atoms with Crippen molar-refractivity contribution < 1.29 is 24.5 Å². The van der Waals surface area contributed by atoms with Gasteiger partial charge >= 0.3 is 5.97 Å². The highest BCUT2D eigenvalue weighted by Gasteiger charge is 2.53. The van der Waals surface area contributed by atoms with Gasteiger partial charge in [0.25, 0.3) is 5.56 Å². The lowest BCUT2D eigenvalue weighted by Crippen LogP contribution is -2.44. The largest absolute Gasteiger partial charge is 0.462 e.